The van der Waals surface area contributed by atoms with Gasteiger partial charge in [-0.2, -0.15) is 0 Å². The number of hydrogen-bond acceptors (Lipinski definition) is 4. The van der Waals surface area contributed by atoms with E-state index in [2.05, 4.69) is 5.32 Å². The van der Waals surface area contributed by atoms with E-state index < -0.39 is 11.2 Å². The summed E-state index contributed by atoms with van der Waals surface area (Å²) in [6, 6.07) is 0. The molecule has 1 rings (SSSR count). The van der Waals surface area contributed by atoms with Crippen molar-refractivity contribution in [1.29, 1.82) is 0 Å². The van der Waals surface area contributed by atoms with Crippen LogP contribution in [-0.4, -0.2) is 60.0 Å². The van der Waals surface area contributed by atoms with Gasteiger partial charge in [-0.15, -0.1) is 0 Å². The van der Waals surface area contributed by atoms with E-state index in [0.717, 1.165) is 25.7 Å². The monoisotopic (exact) mass is 244 g/mol. The summed E-state index contributed by atoms with van der Waals surface area (Å²) in [7, 11) is 3.90. The largest absolute Gasteiger partial charge is 0.389 e. The van der Waals surface area contributed by atoms with Crippen LogP contribution in [0.25, 0.3) is 0 Å². The molecule has 0 radical (unpaired) electrons. The second-order valence-electron chi connectivity index (χ2n) is 6.12. The molecular weight excluding hydrogens is 216 g/mol. The average molecular weight is 244 g/mol. The summed E-state index contributed by atoms with van der Waals surface area (Å²) in [6.45, 7) is 3.56. The molecule has 0 saturated heterocycles. The van der Waals surface area contributed by atoms with Gasteiger partial charge in [0.25, 0.3) is 0 Å². The van der Waals surface area contributed by atoms with Crippen LogP contribution in [0.1, 0.15) is 39.0 Å². The fourth-order valence-electron chi connectivity index (χ4n) is 2.69. The summed E-state index contributed by atoms with van der Waals surface area (Å²) in [4.78, 5) is 1.97. The summed E-state index contributed by atoms with van der Waals surface area (Å²) in [5.41, 5.74) is -1.29. The van der Waals surface area contributed by atoms with Crippen molar-refractivity contribution in [1.82, 2.24) is 10.2 Å². The van der Waals surface area contributed by atoms with Crippen molar-refractivity contribution in [2.45, 2.75) is 50.2 Å². The van der Waals surface area contributed by atoms with E-state index in [1.807, 2.05) is 25.9 Å². The van der Waals surface area contributed by atoms with Gasteiger partial charge < -0.3 is 20.4 Å². The van der Waals surface area contributed by atoms with Gasteiger partial charge in [0.2, 0.25) is 0 Å². The first-order chi connectivity index (χ1) is 7.83. The molecule has 0 bridgehead atoms. The highest BCUT2D eigenvalue weighted by Gasteiger charge is 2.30. The second-order valence-corrected chi connectivity index (χ2v) is 6.12. The van der Waals surface area contributed by atoms with Crippen molar-refractivity contribution in [2.75, 3.05) is 33.7 Å². The SMILES string of the molecule is CN(C)CC(C)(O)CNCC1(O)CCCCC1. The Hall–Kier alpha value is -0.160. The van der Waals surface area contributed by atoms with E-state index >= 15 is 0 Å². The Balaban J connectivity index is 2.26. The van der Waals surface area contributed by atoms with Crippen molar-refractivity contribution < 1.29 is 10.2 Å². The minimum Gasteiger partial charge on any atom is -0.389 e. The molecule has 0 spiro atoms. The quantitative estimate of drug-likeness (QED) is 0.640. The first-order valence-corrected chi connectivity index (χ1v) is 6.63. The van der Waals surface area contributed by atoms with Crippen molar-refractivity contribution in [3.05, 3.63) is 0 Å². The number of nitrogens with one attached hydrogen (secondary N) is 1. The van der Waals surface area contributed by atoms with Crippen LogP contribution in [0.3, 0.4) is 0 Å². The zero-order valence-corrected chi connectivity index (χ0v) is 11.5. The van der Waals surface area contributed by atoms with Crippen molar-refractivity contribution in [2.24, 2.45) is 0 Å². The molecule has 1 aliphatic carbocycles. The smallest absolute Gasteiger partial charge is 0.0869 e. The van der Waals surface area contributed by atoms with Gasteiger partial charge in [0.05, 0.1) is 11.2 Å². The first-order valence-electron chi connectivity index (χ1n) is 6.63. The third kappa shape index (κ3) is 5.82. The minimum atomic E-state index is -0.742. The van der Waals surface area contributed by atoms with Gasteiger partial charge in [-0.25, -0.2) is 0 Å². The van der Waals surface area contributed by atoms with Crippen LogP contribution in [0.4, 0.5) is 0 Å². The molecule has 0 aromatic heterocycles. The molecule has 1 atom stereocenters. The van der Waals surface area contributed by atoms with E-state index in [0.29, 0.717) is 19.6 Å². The van der Waals surface area contributed by atoms with Gasteiger partial charge in [-0.05, 0) is 33.9 Å². The van der Waals surface area contributed by atoms with Crippen LogP contribution in [0.2, 0.25) is 0 Å². The summed E-state index contributed by atoms with van der Waals surface area (Å²) >= 11 is 0. The highest BCUT2D eigenvalue weighted by molar-refractivity contribution is 4.86. The molecule has 4 nitrogen and oxygen atoms in total. The molecule has 3 N–H and O–H groups in total. The zero-order valence-electron chi connectivity index (χ0n) is 11.5. The summed E-state index contributed by atoms with van der Waals surface area (Å²) in [5, 5.41) is 23.6. The average Bonchev–Trinajstić information content (AvgIpc) is 2.15. The Labute approximate surface area is 105 Å². The van der Waals surface area contributed by atoms with Crippen LogP contribution in [0.15, 0.2) is 0 Å². The number of rotatable bonds is 6. The predicted octanol–water partition coefficient (Wildman–Crippen LogP) is 0.584. The van der Waals surface area contributed by atoms with Crippen LogP contribution >= 0.6 is 0 Å². The molecule has 4 heteroatoms. The van der Waals surface area contributed by atoms with Crippen molar-refractivity contribution >= 4 is 0 Å². The van der Waals surface area contributed by atoms with E-state index in [1.165, 1.54) is 6.42 Å². The lowest BCUT2D eigenvalue weighted by Crippen LogP contribution is -2.50. The van der Waals surface area contributed by atoms with Gasteiger partial charge in [0.15, 0.2) is 0 Å². The summed E-state index contributed by atoms with van der Waals surface area (Å²) in [5.74, 6) is 0. The molecular formula is C13H28N2O2. The minimum absolute atomic E-state index is 0.521. The van der Waals surface area contributed by atoms with E-state index in [-0.39, 0.29) is 0 Å². The lowest BCUT2D eigenvalue weighted by molar-refractivity contribution is -0.00766. The topological polar surface area (TPSA) is 55.7 Å². The van der Waals surface area contributed by atoms with Gasteiger partial charge in [-0.1, -0.05) is 19.3 Å². The summed E-state index contributed by atoms with van der Waals surface area (Å²) in [6.07, 6.45) is 5.24. The normalized spacial score (nSPS) is 23.6. The van der Waals surface area contributed by atoms with Crippen LogP contribution in [0, 0.1) is 0 Å². The molecule has 102 valence electrons. The molecule has 0 aromatic rings. The Kier molecular flexibility index (Phi) is 5.38. The highest BCUT2D eigenvalue weighted by atomic mass is 16.3. The second kappa shape index (κ2) is 6.14. The molecule has 1 unspecified atom stereocenters. The Bertz CT molecular complexity index is 223. The molecule has 1 saturated carbocycles. The maximum absolute atomic E-state index is 10.3. The van der Waals surface area contributed by atoms with Crippen LogP contribution in [-0.2, 0) is 0 Å². The maximum atomic E-state index is 10.3. The first kappa shape index (κ1) is 14.9. The predicted molar refractivity (Wildman–Crippen MR) is 70.1 cm³/mol. The van der Waals surface area contributed by atoms with E-state index in [1.54, 1.807) is 0 Å². The van der Waals surface area contributed by atoms with Crippen molar-refractivity contribution in [3.8, 4) is 0 Å². The van der Waals surface area contributed by atoms with Gasteiger partial charge in [0, 0.05) is 19.6 Å². The molecule has 0 aromatic carbocycles. The number of aliphatic hydroxyl groups is 2. The maximum Gasteiger partial charge on any atom is 0.0869 e. The lowest BCUT2D eigenvalue weighted by Gasteiger charge is -2.34. The van der Waals surface area contributed by atoms with Crippen LogP contribution < -0.4 is 5.32 Å². The fraction of sp³-hybridized carbons (Fsp3) is 1.00. The number of nitrogens with zero attached hydrogens (tertiary/aromatic N) is 1. The Morgan fingerprint density at radius 3 is 2.35 bits per heavy atom. The van der Waals surface area contributed by atoms with E-state index in [4.69, 9.17) is 0 Å². The molecule has 1 aliphatic rings. The third-order valence-electron chi connectivity index (χ3n) is 3.40. The van der Waals surface area contributed by atoms with Crippen LogP contribution in [0.5, 0.6) is 0 Å². The Morgan fingerprint density at radius 1 is 1.24 bits per heavy atom. The number of likely N-dealkylation sites (N-methyl/N-ethyl adjacent to an activating group) is 1. The van der Waals surface area contributed by atoms with Gasteiger partial charge in [0.1, 0.15) is 0 Å². The molecule has 0 aliphatic heterocycles. The molecule has 0 heterocycles. The number of hydrogen-bond donors (Lipinski definition) is 3. The van der Waals surface area contributed by atoms with Gasteiger partial charge >= 0.3 is 0 Å². The standard InChI is InChI=1S/C13H28N2O2/c1-12(16,11-15(2)3)9-14-10-13(17)7-5-4-6-8-13/h14,16-17H,4-11H2,1-3H3. The molecule has 1 fully saturated rings. The lowest BCUT2D eigenvalue weighted by atomic mass is 9.85. The summed E-state index contributed by atoms with van der Waals surface area (Å²) < 4.78 is 0. The third-order valence-corrected chi connectivity index (χ3v) is 3.40. The zero-order chi connectivity index (χ0) is 12.9. The fourth-order valence-corrected chi connectivity index (χ4v) is 2.69. The molecule has 0 amide bonds. The van der Waals surface area contributed by atoms with Gasteiger partial charge in [-0.3, -0.25) is 0 Å². The van der Waals surface area contributed by atoms with E-state index in [9.17, 15) is 10.2 Å². The Morgan fingerprint density at radius 2 is 1.82 bits per heavy atom. The van der Waals surface area contributed by atoms with Crippen molar-refractivity contribution in [3.63, 3.8) is 0 Å². The molecule has 17 heavy (non-hydrogen) atoms. The highest BCUT2D eigenvalue weighted by Crippen LogP contribution is 2.27.